The molecule has 1 aromatic carbocycles. The van der Waals surface area contributed by atoms with E-state index in [9.17, 15) is 9.59 Å². The van der Waals surface area contributed by atoms with E-state index in [2.05, 4.69) is 20.6 Å². The number of rotatable bonds is 7. The smallest absolute Gasteiger partial charge is 0.254 e. The molecule has 1 heterocycles. The van der Waals surface area contributed by atoms with Crippen LogP contribution in [0.4, 0.5) is 17.5 Å². The summed E-state index contributed by atoms with van der Waals surface area (Å²) in [7, 11) is 0. The monoisotopic (exact) mass is 330 g/mol. The lowest BCUT2D eigenvalue weighted by Gasteiger charge is -2.15. The zero-order valence-corrected chi connectivity index (χ0v) is 13.0. The van der Waals surface area contributed by atoms with Gasteiger partial charge < -0.3 is 27.2 Å². The third-order valence-electron chi connectivity index (χ3n) is 3.16. The standard InChI is InChI=1S/C15H18N6O3/c1-8-3-2-4-9(5-8)19-14-10(12(16)23)6-18-15(21-14)20-11(7-22)13(17)24/h2-6,11,22H,7H2,1H3,(H2,16,23)(H2,17,24)(H2,18,19,20,21)/t11-/m1/s1. The van der Waals surface area contributed by atoms with Crippen LogP contribution in [0.15, 0.2) is 30.5 Å². The molecule has 24 heavy (non-hydrogen) atoms. The Morgan fingerprint density at radius 2 is 2.08 bits per heavy atom. The third-order valence-corrected chi connectivity index (χ3v) is 3.16. The van der Waals surface area contributed by atoms with Crippen molar-refractivity contribution in [3.63, 3.8) is 0 Å². The Hall–Kier alpha value is -3.20. The molecular formula is C15H18N6O3. The van der Waals surface area contributed by atoms with Crippen LogP contribution in [0, 0.1) is 6.92 Å². The molecule has 0 aliphatic carbocycles. The van der Waals surface area contributed by atoms with Gasteiger partial charge in [-0.3, -0.25) is 9.59 Å². The second kappa shape index (κ2) is 7.38. The number of aliphatic hydroxyl groups excluding tert-OH is 1. The van der Waals surface area contributed by atoms with E-state index in [1.165, 1.54) is 6.20 Å². The number of benzene rings is 1. The van der Waals surface area contributed by atoms with Crippen LogP contribution in [-0.4, -0.2) is 39.5 Å². The molecular weight excluding hydrogens is 312 g/mol. The van der Waals surface area contributed by atoms with Crippen molar-refractivity contribution in [3.8, 4) is 0 Å². The highest BCUT2D eigenvalue weighted by Crippen LogP contribution is 2.20. The molecule has 0 aliphatic rings. The van der Waals surface area contributed by atoms with Crippen molar-refractivity contribution in [2.24, 2.45) is 11.5 Å². The van der Waals surface area contributed by atoms with Crippen LogP contribution in [0.25, 0.3) is 0 Å². The number of primary amides is 2. The second-order valence-corrected chi connectivity index (χ2v) is 5.10. The molecule has 0 aliphatic heterocycles. The minimum absolute atomic E-state index is 0.0213. The van der Waals surface area contributed by atoms with Gasteiger partial charge in [0.2, 0.25) is 11.9 Å². The van der Waals surface area contributed by atoms with E-state index in [0.29, 0.717) is 5.69 Å². The van der Waals surface area contributed by atoms with E-state index in [0.717, 1.165) is 5.56 Å². The highest BCUT2D eigenvalue weighted by atomic mass is 16.3. The second-order valence-electron chi connectivity index (χ2n) is 5.10. The average molecular weight is 330 g/mol. The van der Waals surface area contributed by atoms with Crippen LogP contribution in [0.5, 0.6) is 0 Å². The van der Waals surface area contributed by atoms with Gasteiger partial charge in [-0.05, 0) is 24.6 Å². The highest BCUT2D eigenvalue weighted by Gasteiger charge is 2.17. The Morgan fingerprint density at radius 1 is 1.33 bits per heavy atom. The van der Waals surface area contributed by atoms with Crippen LogP contribution in [0.3, 0.4) is 0 Å². The summed E-state index contributed by atoms with van der Waals surface area (Å²) in [5.74, 6) is -1.27. The van der Waals surface area contributed by atoms with Gasteiger partial charge >= 0.3 is 0 Å². The lowest BCUT2D eigenvalue weighted by atomic mass is 10.2. The number of aromatic nitrogens is 2. The Balaban J connectivity index is 2.34. The minimum atomic E-state index is -1.05. The molecule has 0 spiro atoms. The molecule has 9 heteroatoms. The molecule has 7 N–H and O–H groups in total. The van der Waals surface area contributed by atoms with Crippen molar-refractivity contribution in [3.05, 3.63) is 41.6 Å². The van der Waals surface area contributed by atoms with Gasteiger partial charge in [0.1, 0.15) is 17.4 Å². The van der Waals surface area contributed by atoms with E-state index in [1.807, 2.05) is 25.1 Å². The van der Waals surface area contributed by atoms with E-state index in [4.69, 9.17) is 16.6 Å². The maximum atomic E-state index is 11.5. The summed E-state index contributed by atoms with van der Waals surface area (Å²) in [6.45, 7) is 1.41. The van der Waals surface area contributed by atoms with E-state index in [1.54, 1.807) is 6.07 Å². The fourth-order valence-corrected chi connectivity index (χ4v) is 1.95. The quantitative estimate of drug-likeness (QED) is 0.474. The summed E-state index contributed by atoms with van der Waals surface area (Å²) in [5, 5.41) is 14.7. The molecule has 126 valence electrons. The summed E-state index contributed by atoms with van der Waals surface area (Å²) in [5.41, 5.74) is 12.3. The number of nitrogens with two attached hydrogens (primary N) is 2. The van der Waals surface area contributed by atoms with Crippen LogP contribution < -0.4 is 22.1 Å². The summed E-state index contributed by atoms with van der Waals surface area (Å²) in [6.07, 6.45) is 1.23. The Kier molecular flexibility index (Phi) is 5.27. The number of hydrogen-bond donors (Lipinski definition) is 5. The predicted molar refractivity (Wildman–Crippen MR) is 88.7 cm³/mol. The number of amides is 2. The number of carbonyl (C=O) groups is 2. The van der Waals surface area contributed by atoms with Crippen molar-refractivity contribution in [2.75, 3.05) is 17.2 Å². The van der Waals surface area contributed by atoms with Crippen molar-refractivity contribution in [2.45, 2.75) is 13.0 Å². The van der Waals surface area contributed by atoms with Crippen LogP contribution >= 0.6 is 0 Å². The Bertz CT molecular complexity index is 765. The van der Waals surface area contributed by atoms with Crippen molar-refractivity contribution in [1.82, 2.24) is 9.97 Å². The molecule has 0 bridgehead atoms. The zero-order valence-electron chi connectivity index (χ0n) is 13.0. The van der Waals surface area contributed by atoms with Gasteiger partial charge in [0.05, 0.1) is 6.61 Å². The molecule has 1 aromatic heterocycles. The van der Waals surface area contributed by atoms with Crippen LogP contribution in [-0.2, 0) is 4.79 Å². The zero-order chi connectivity index (χ0) is 17.7. The van der Waals surface area contributed by atoms with Crippen LogP contribution in [0.2, 0.25) is 0 Å². The van der Waals surface area contributed by atoms with E-state index >= 15 is 0 Å². The SMILES string of the molecule is Cc1cccc(Nc2nc(N[C@H](CO)C(N)=O)ncc2C(N)=O)c1. The fraction of sp³-hybridized carbons (Fsp3) is 0.200. The molecule has 2 aromatic rings. The van der Waals surface area contributed by atoms with Crippen molar-refractivity contribution >= 4 is 29.3 Å². The molecule has 2 amide bonds. The number of carbonyl (C=O) groups excluding carboxylic acids is 2. The first-order valence-corrected chi connectivity index (χ1v) is 7.08. The molecule has 2 rings (SSSR count). The number of nitrogens with one attached hydrogen (secondary N) is 2. The molecule has 0 fully saturated rings. The topological polar surface area (TPSA) is 156 Å². The predicted octanol–water partition coefficient (Wildman–Crippen LogP) is -0.114. The first-order valence-electron chi connectivity index (χ1n) is 7.08. The van der Waals surface area contributed by atoms with Gasteiger partial charge in [-0.1, -0.05) is 12.1 Å². The number of nitrogens with zero attached hydrogens (tertiary/aromatic N) is 2. The van der Waals surface area contributed by atoms with Gasteiger partial charge in [0.15, 0.2) is 0 Å². The molecule has 0 unspecified atom stereocenters. The normalized spacial score (nSPS) is 11.6. The molecule has 0 saturated carbocycles. The molecule has 0 radical (unpaired) electrons. The maximum absolute atomic E-state index is 11.5. The fourth-order valence-electron chi connectivity index (χ4n) is 1.95. The lowest BCUT2D eigenvalue weighted by molar-refractivity contribution is -0.119. The highest BCUT2D eigenvalue weighted by molar-refractivity contribution is 5.98. The van der Waals surface area contributed by atoms with Gasteiger partial charge in [-0.15, -0.1) is 0 Å². The number of aliphatic hydroxyl groups is 1. The summed E-state index contributed by atoms with van der Waals surface area (Å²) >= 11 is 0. The van der Waals surface area contributed by atoms with Crippen molar-refractivity contribution < 1.29 is 14.7 Å². The largest absolute Gasteiger partial charge is 0.394 e. The number of aryl methyl sites for hydroxylation is 1. The van der Waals surface area contributed by atoms with Crippen molar-refractivity contribution in [1.29, 1.82) is 0 Å². The average Bonchev–Trinajstić information content (AvgIpc) is 2.52. The van der Waals surface area contributed by atoms with Gasteiger partial charge in [0, 0.05) is 11.9 Å². The number of hydrogen-bond acceptors (Lipinski definition) is 7. The maximum Gasteiger partial charge on any atom is 0.254 e. The van der Waals surface area contributed by atoms with Crippen LogP contribution in [0.1, 0.15) is 15.9 Å². The number of anilines is 3. The van der Waals surface area contributed by atoms with Gasteiger partial charge in [-0.2, -0.15) is 4.98 Å². The summed E-state index contributed by atoms with van der Waals surface area (Å²) < 4.78 is 0. The van der Waals surface area contributed by atoms with Gasteiger partial charge in [0.25, 0.3) is 5.91 Å². The molecule has 0 saturated heterocycles. The molecule has 9 nitrogen and oxygen atoms in total. The Labute approximate surface area is 138 Å². The van der Waals surface area contributed by atoms with Gasteiger partial charge in [-0.25, -0.2) is 4.98 Å². The summed E-state index contributed by atoms with van der Waals surface area (Å²) in [6, 6.07) is 6.38. The summed E-state index contributed by atoms with van der Waals surface area (Å²) in [4.78, 5) is 30.8. The minimum Gasteiger partial charge on any atom is -0.394 e. The van der Waals surface area contributed by atoms with E-state index < -0.39 is 24.5 Å². The molecule has 1 atom stereocenters. The Morgan fingerprint density at radius 3 is 2.67 bits per heavy atom. The third kappa shape index (κ3) is 4.17. The lowest BCUT2D eigenvalue weighted by Crippen LogP contribution is -2.39. The van der Waals surface area contributed by atoms with E-state index in [-0.39, 0.29) is 17.3 Å². The first kappa shape index (κ1) is 17.2. The first-order chi connectivity index (χ1) is 11.4.